The Hall–Kier alpha value is -1.15. The Kier molecular flexibility index (Phi) is 3.46. The summed E-state index contributed by atoms with van der Waals surface area (Å²) in [5, 5.41) is 4.27. The number of halogens is 1. The molecule has 2 aliphatic heterocycles. The van der Waals surface area contributed by atoms with Gasteiger partial charge in [0.2, 0.25) is 5.91 Å². The van der Waals surface area contributed by atoms with E-state index in [-0.39, 0.29) is 24.3 Å². The number of hydrogen-bond acceptors (Lipinski definition) is 4. The van der Waals surface area contributed by atoms with Crippen LogP contribution in [-0.2, 0) is 14.8 Å². The molecule has 4 rings (SSSR count). The summed E-state index contributed by atoms with van der Waals surface area (Å²) >= 11 is 7.29. The maximum atomic E-state index is 13.0. The molecule has 0 aliphatic carbocycles. The average Bonchev–Trinajstić information content (AvgIpc) is 3.16. The molecular weight excluding hydrogens is 356 g/mol. The van der Waals surface area contributed by atoms with Gasteiger partial charge >= 0.3 is 0 Å². The van der Waals surface area contributed by atoms with Gasteiger partial charge < -0.3 is 5.32 Å². The van der Waals surface area contributed by atoms with E-state index in [1.54, 1.807) is 12.1 Å². The zero-order chi connectivity index (χ0) is 16.4. The van der Waals surface area contributed by atoms with Crippen LogP contribution < -0.4 is 5.32 Å². The van der Waals surface area contributed by atoms with Gasteiger partial charge in [0, 0.05) is 35.3 Å². The lowest BCUT2D eigenvalue weighted by molar-refractivity contribution is -0.122. The van der Waals surface area contributed by atoms with Crippen molar-refractivity contribution >= 4 is 49.0 Å². The van der Waals surface area contributed by atoms with E-state index in [0.717, 1.165) is 15.6 Å². The van der Waals surface area contributed by atoms with Gasteiger partial charge in [-0.05, 0) is 36.1 Å². The monoisotopic (exact) mass is 370 g/mol. The predicted octanol–water partition coefficient (Wildman–Crippen LogP) is 2.23. The molecule has 5 nitrogen and oxygen atoms in total. The first-order valence-corrected chi connectivity index (χ1v) is 9.98. The highest BCUT2D eigenvalue weighted by atomic mass is 35.5. The minimum absolute atomic E-state index is 0.0347. The summed E-state index contributed by atoms with van der Waals surface area (Å²) in [6.45, 7) is 3.05. The van der Waals surface area contributed by atoms with Crippen molar-refractivity contribution in [3.8, 4) is 0 Å². The highest BCUT2D eigenvalue weighted by Gasteiger charge is 2.46. The van der Waals surface area contributed by atoms with Crippen LogP contribution in [0.3, 0.4) is 0 Å². The van der Waals surface area contributed by atoms with Crippen molar-refractivity contribution in [2.45, 2.75) is 11.1 Å². The summed E-state index contributed by atoms with van der Waals surface area (Å²) in [5.74, 6) is -0.164. The van der Waals surface area contributed by atoms with Crippen LogP contribution in [0.2, 0.25) is 5.02 Å². The number of nitrogens with one attached hydrogen (secondary N) is 1. The van der Waals surface area contributed by atoms with E-state index < -0.39 is 10.0 Å². The molecule has 2 fully saturated rings. The van der Waals surface area contributed by atoms with Crippen LogP contribution in [0.15, 0.2) is 22.4 Å². The van der Waals surface area contributed by atoms with Crippen LogP contribution >= 0.6 is 22.9 Å². The molecule has 8 heteroatoms. The Morgan fingerprint density at radius 2 is 2.13 bits per heavy atom. The molecule has 2 aromatic rings. The molecule has 2 aliphatic rings. The fourth-order valence-electron chi connectivity index (χ4n) is 3.43. The van der Waals surface area contributed by atoms with Gasteiger partial charge in [0.05, 0.1) is 5.92 Å². The summed E-state index contributed by atoms with van der Waals surface area (Å²) in [7, 11) is -3.58. The van der Waals surface area contributed by atoms with Crippen molar-refractivity contribution in [3.63, 3.8) is 0 Å². The summed E-state index contributed by atoms with van der Waals surface area (Å²) < 4.78 is 28.8. The van der Waals surface area contributed by atoms with E-state index in [0.29, 0.717) is 22.3 Å². The number of fused-ring (bicyclic) bond motifs is 2. The van der Waals surface area contributed by atoms with Gasteiger partial charge in [-0.15, -0.1) is 11.3 Å². The maximum absolute atomic E-state index is 13.0. The first-order valence-electron chi connectivity index (χ1n) is 7.34. The lowest BCUT2D eigenvalue weighted by atomic mass is 10.0. The van der Waals surface area contributed by atoms with Gasteiger partial charge in [-0.2, -0.15) is 4.31 Å². The van der Waals surface area contributed by atoms with E-state index in [1.807, 2.05) is 13.0 Å². The average molecular weight is 371 g/mol. The standard InChI is InChI=1S/C15H15ClN2O3S2/c1-8-11-4-10(16)2-3-13(11)22-15(8)23(20,21)18-6-9-5-17-14(19)12(9)7-18/h2-4,9,12H,5-7H2,1H3,(H,17,19)/t9-,12+/m0/s1. The van der Waals surface area contributed by atoms with E-state index >= 15 is 0 Å². The molecule has 2 atom stereocenters. The lowest BCUT2D eigenvalue weighted by Crippen LogP contribution is -2.33. The van der Waals surface area contributed by atoms with Crippen LogP contribution in [0, 0.1) is 18.8 Å². The molecule has 0 radical (unpaired) electrons. The Morgan fingerprint density at radius 3 is 2.87 bits per heavy atom. The second-order valence-corrected chi connectivity index (χ2v) is 9.71. The van der Waals surface area contributed by atoms with Crippen molar-refractivity contribution in [1.29, 1.82) is 0 Å². The molecule has 1 aromatic heterocycles. The molecule has 0 spiro atoms. The van der Waals surface area contributed by atoms with Crippen molar-refractivity contribution < 1.29 is 13.2 Å². The predicted molar refractivity (Wildman–Crippen MR) is 90.3 cm³/mol. The molecule has 1 N–H and O–H groups in total. The molecule has 0 unspecified atom stereocenters. The number of rotatable bonds is 2. The molecule has 122 valence electrons. The number of thiophene rings is 1. The maximum Gasteiger partial charge on any atom is 0.252 e. The highest BCUT2D eigenvalue weighted by molar-refractivity contribution is 7.91. The third-order valence-corrected chi connectivity index (χ3v) is 8.65. The number of amides is 1. The topological polar surface area (TPSA) is 66.5 Å². The number of carbonyl (C=O) groups is 1. The largest absolute Gasteiger partial charge is 0.355 e. The first kappa shape index (κ1) is 15.4. The van der Waals surface area contributed by atoms with E-state index in [9.17, 15) is 13.2 Å². The quantitative estimate of drug-likeness (QED) is 0.881. The molecule has 0 saturated carbocycles. The number of nitrogens with zero attached hydrogens (tertiary/aromatic N) is 1. The van der Waals surface area contributed by atoms with Crippen molar-refractivity contribution in [3.05, 3.63) is 28.8 Å². The lowest BCUT2D eigenvalue weighted by Gasteiger charge is -2.16. The number of benzene rings is 1. The van der Waals surface area contributed by atoms with E-state index in [2.05, 4.69) is 5.32 Å². The minimum Gasteiger partial charge on any atom is -0.355 e. The molecule has 2 saturated heterocycles. The number of hydrogen-bond donors (Lipinski definition) is 1. The molecule has 3 heterocycles. The Balaban J connectivity index is 1.75. The third kappa shape index (κ3) is 2.29. The molecule has 1 amide bonds. The van der Waals surface area contributed by atoms with E-state index in [1.165, 1.54) is 15.6 Å². The van der Waals surface area contributed by atoms with Gasteiger partial charge in [0.15, 0.2) is 0 Å². The fourth-order valence-corrected chi connectivity index (χ4v) is 7.00. The molecular formula is C15H15ClN2O3S2. The van der Waals surface area contributed by atoms with Crippen LogP contribution in [0.5, 0.6) is 0 Å². The normalized spacial score (nSPS) is 25.0. The Bertz CT molecular complexity index is 922. The minimum atomic E-state index is -3.58. The summed E-state index contributed by atoms with van der Waals surface area (Å²) in [6, 6.07) is 5.41. The van der Waals surface area contributed by atoms with Crippen molar-refractivity contribution in [1.82, 2.24) is 9.62 Å². The van der Waals surface area contributed by atoms with Crippen LogP contribution in [-0.4, -0.2) is 38.3 Å². The van der Waals surface area contributed by atoms with Crippen molar-refractivity contribution in [2.24, 2.45) is 11.8 Å². The Morgan fingerprint density at radius 1 is 1.35 bits per heavy atom. The van der Waals surface area contributed by atoms with E-state index in [4.69, 9.17) is 11.6 Å². The summed E-state index contributed by atoms with van der Waals surface area (Å²) in [5.41, 5.74) is 0.731. The van der Waals surface area contributed by atoms with Crippen LogP contribution in [0.1, 0.15) is 5.56 Å². The van der Waals surface area contributed by atoms with Gasteiger partial charge in [-0.25, -0.2) is 8.42 Å². The number of carbonyl (C=O) groups excluding carboxylic acids is 1. The van der Waals surface area contributed by atoms with Crippen LogP contribution in [0.4, 0.5) is 0 Å². The second kappa shape index (κ2) is 5.17. The molecule has 0 bridgehead atoms. The third-order valence-electron chi connectivity index (χ3n) is 4.71. The molecule has 1 aromatic carbocycles. The summed E-state index contributed by atoms with van der Waals surface area (Å²) in [6.07, 6.45) is 0. The summed E-state index contributed by atoms with van der Waals surface area (Å²) in [4.78, 5) is 11.8. The second-order valence-electron chi connectivity index (χ2n) is 6.09. The van der Waals surface area contributed by atoms with Crippen LogP contribution in [0.25, 0.3) is 10.1 Å². The molecule has 23 heavy (non-hydrogen) atoms. The van der Waals surface area contributed by atoms with Gasteiger partial charge in [-0.3, -0.25) is 4.79 Å². The Labute approximate surface area is 143 Å². The fraction of sp³-hybridized carbons (Fsp3) is 0.400. The smallest absolute Gasteiger partial charge is 0.252 e. The van der Waals surface area contributed by atoms with Gasteiger partial charge in [0.1, 0.15) is 4.21 Å². The van der Waals surface area contributed by atoms with Crippen molar-refractivity contribution in [2.75, 3.05) is 19.6 Å². The van der Waals surface area contributed by atoms with Gasteiger partial charge in [-0.1, -0.05) is 11.6 Å². The number of aryl methyl sites for hydroxylation is 1. The number of sulfonamides is 1. The highest BCUT2D eigenvalue weighted by Crippen LogP contribution is 2.39. The van der Waals surface area contributed by atoms with Gasteiger partial charge in [0.25, 0.3) is 10.0 Å². The zero-order valence-corrected chi connectivity index (χ0v) is 14.8. The first-order chi connectivity index (χ1) is 10.9. The SMILES string of the molecule is Cc1c(S(=O)(=O)N2C[C@@H]3CNC(=O)[C@@H]3C2)sc2ccc(Cl)cc12. The zero-order valence-electron chi connectivity index (χ0n) is 12.4.